The Hall–Kier alpha value is -1.42. The Labute approximate surface area is 121 Å². The third-order valence-electron chi connectivity index (χ3n) is 4.15. The summed E-state index contributed by atoms with van der Waals surface area (Å²) in [5, 5.41) is 3.18. The van der Waals surface area contributed by atoms with E-state index in [1.54, 1.807) is 0 Å². The van der Waals surface area contributed by atoms with Gasteiger partial charge in [0.15, 0.2) is 0 Å². The van der Waals surface area contributed by atoms with Crippen LogP contribution in [0, 0.1) is 13.8 Å². The predicted molar refractivity (Wildman–Crippen MR) is 80.9 cm³/mol. The van der Waals surface area contributed by atoms with Crippen LogP contribution in [0.15, 0.2) is 12.1 Å². The minimum atomic E-state index is -0.109. The Morgan fingerprint density at radius 2 is 2.00 bits per heavy atom. The van der Waals surface area contributed by atoms with Crippen molar-refractivity contribution in [2.75, 3.05) is 19.6 Å². The van der Waals surface area contributed by atoms with Crippen molar-refractivity contribution >= 4 is 5.91 Å². The molecule has 1 N–H and O–H groups in total. The number of pyridine rings is 1. The highest BCUT2D eigenvalue weighted by atomic mass is 16.2. The van der Waals surface area contributed by atoms with Gasteiger partial charge in [0.1, 0.15) is 5.69 Å². The summed E-state index contributed by atoms with van der Waals surface area (Å²) < 4.78 is 0. The van der Waals surface area contributed by atoms with Crippen LogP contribution >= 0.6 is 0 Å². The number of carbonyl (C=O) groups excluding carboxylic acids is 1. The molecule has 2 heterocycles. The van der Waals surface area contributed by atoms with Crippen LogP contribution in [0.25, 0.3) is 0 Å². The third kappa shape index (κ3) is 3.57. The molecule has 110 valence electrons. The molecule has 1 aliphatic rings. The van der Waals surface area contributed by atoms with E-state index in [4.69, 9.17) is 0 Å². The highest BCUT2D eigenvalue weighted by Crippen LogP contribution is 2.22. The van der Waals surface area contributed by atoms with Crippen molar-refractivity contribution in [2.24, 2.45) is 0 Å². The van der Waals surface area contributed by atoms with E-state index < -0.39 is 0 Å². The van der Waals surface area contributed by atoms with Gasteiger partial charge >= 0.3 is 0 Å². The molecule has 1 aromatic rings. The fourth-order valence-electron chi connectivity index (χ4n) is 2.78. The zero-order chi connectivity index (χ0) is 14.8. The first-order valence-corrected chi connectivity index (χ1v) is 7.42. The zero-order valence-corrected chi connectivity index (χ0v) is 13.0. The highest BCUT2D eigenvalue weighted by Gasteiger charge is 2.31. The van der Waals surface area contributed by atoms with E-state index in [0.717, 1.165) is 43.7 Å². The number of rotatable bonds is 3. The molecule has 0 spiro atoms. The van der Waals surface area contributed by atoms with Gasteiger partial charge in [-0.1, -0.05) is 6.92 Å². The molecule has 4 heteroatoms. The summed E-state index contributed by atoms with van der Waals surface area (Å²) in [6.45, 7) is 11.4. The minimum absolute atomic E-state index is 0.0516. The summed E-state index contributed by atoms with van der Waals surface area (Å²) in [5.74, 6) is -0.0516. The SMILES string of the molecule is CCN1CCC(C)(NC(=O)c2cc(C)cc(C)n2)CC1. The number of hydrogen-bond acceptors (Lipinski definition) is 3. The van der Waals surface area contributed by atoms with Crippen molar-refractivity contribution in [2.45, 2.75) is 46.1 Å². The lowest BCUT2D eigenvalue weighted by atomic mass is 9.89. The maximum atomic E-state index is 12.4. The quantitative estimate of drug-likeness (QED) is 0.920. The molecule has 0 atom stereocenters. The molecule has 0 saturated carbocycles. The summed E-state index contributed by atoms with van der Waals surface area (Å²) in [7, 11) is 0. The standard InChI is InChI=1S/C16H25N3O/c1-5-19-8-6-16(4,7-9-19)18-15(20)14-11-12(2)10-13(3)17-14/h10-11H,5-9H2,1-4H3,(H,18,20). The van der Waals surface area contributed by atoms with E-state index in [1.807, 2.05) is 26.0 Å². The largest absolute Gasteiger partial charge is 0.345 e. The molecular weight excluding hydrogens is 250 g/mol. The average molecular weight is 275 g/mol. The second kappa shape index (κ2) is 5.92. The highest BCUT2D eigenvalue weighted by molar-refractivity contribution is 5.93. The van der Waals surface area contributed by atoms with Crippen molar-refractivity contribution in [3.8, 4) is 0 Å². The van der Waals surface area contributed by atoms with Gasteiger partial charge in [-0.15, -0.1) is 0 Å². The Morgan fingerprint density at radius 1 is 1.35 bits per heavy atom. The van der Waals surface area contributed by atoms with Gasteiger partial charge in [0.2, 0.25) is 0 Å². The van der Waals surface area contributed by atoms with Crippen LogP contribution in [-0.2, 0) is 0 Å². The Balaban J connectivity index is 2.04. The monoisotopic (exact) mass is 275 g/mol. The summed E-state index contributed by atoms with van der Waals surface area (Å²) in [5.41, 5.74) is 2.39. The molecule has 20 heavy (non-hydrogen) atoms. The minimum Gasteiger partial charge on any atom is -0.345 e. The van der Waals surface area contributed by atoms with Crippen LogP contribution in [0.4, 0.5) is 0 Å². The van der Waals surface area contributed by atoms with Crippen LogP contribution in [0.1, 0.15) is 48.4 Å². The number of carbonyl (C=O) groups is 1. The van der Waals surface area contributed by atoms with Crippen LogP contribution in [-0.4, -0.2) is 41.0 Å². The summed E-state index contributed by atoms with van der Waals surface area (Å²) in [4.78, 5) is 19.1. The van der Waals surface area contributed by atoms with Crippen LogP contribution in [0.5, 0.6) is 0 Å². The first-order valence-electron chi connectivity index (χ1n) is 7.42. The molecule has 0 bridgehead atoms. The first kappa shape index (κ1) is 15.0. The average Bonchev–Trinajstić information content (AvgIpc) is 2.38. The Bertz CT molecular complexity index is 470. The molecule has 1 amide bonds. The van der Waals surface area contributed by atoms with E-state index in [1.165, 1.54) is 0 Å². The number of hydrogen-bond donors (Lipinski definition) is 1. The normalized spacial score (nSPS) is 18.8. The molecule has 4 nitrogen and oxygen atoms in total. The molecule has 1 fully saturated rings. The molecule has 0 radical (unpaired) electrons. The topological polar surface area (TPSA) is 45.2 Å². The van der Waals surface area contributed by atoms with Crippen LogP contribution in [0.2, 0.25) is 0 Å². The van der Waals surface area contributed by atoms with Gasteiger partial charge in [-0.3, -0.25) is 4.79 Å². The predicted octanol–water partition coefficient (Wildman–Crippen LogP) is 2.30. The molecular formula is C16H25N3O. The smallest absolute Gasteiger partial charge is 0.270 e. The van der Waals surface area contributed by atoms with Gasteiger partial charge in [-0.05, 0) is 57.9 Å². The van der Waals surface area contributed by atoms with Crippen LogP contribution in [0.3, 0.4) is 0 Å². The summed E-state index contributed by atoms with van der Waals surface area (Å²) >= 11 is 0. The molecule has 2 rings (SSSR count). The fraction of sp³-hybridized carbons (Fsp3) is 0.625. The van der Waals surface area contributed by atoms with Crippen molar-refractivity contribution in [3.05, 3.63) is 29.1 Å². The van der Waals surface area contributed by atoms with Gasteiger partial charge < -0.3 is 10.2 Å². The number of nitrogens with one attached hydrogen (secondary N) is 1. The third-order valence-corrected chi connectivity index (χ3v) is 4.15. The lowest BCUT2D eigenvalue weighted by Gasteiger charge is -2.39. The molecule has 1 aliphatic heterocycles. The maximum absolute atomic E-state index is 12.4. The Kier molecular flexibility index (Phi) is 4.43. The number of likely N-dealkylation sites (tertiary alicyclic amines) is 1. The Morgan fingerprint density at radius 3 is 2.55 bits per heavy atom. The molecule has 1 aromatic heterocycles. The number of nitrogens with zero attached hydrogens (tertiary/aromatic N) is 2. The van der Waals surface area contributed by atoms with Crippen molar-refractivity contribution in [1.82, 2.24) is 15.2 Å². The first-order chi connectivity index (χ1) is 9.42. The fourth-order valence-corrected chi connectivity index (χ4v) is 2.78. The zero-order valence-electron chi connectivity index (χ0n) is 13.0. The van der Waals surface area contributed by atoms with E-state index >= 15 is 0 Å². The number of aryl methyl sites for hydroxylation is 2. The number of piperidine rings is 1. The van der Waals surface area contributed by atoms with Crippen molar-refractivity contribution in [3.63, 3.8) is 0 Å². The maximum Gasteiger partial charge on any atom is 0.270 e. The van der Waals surface area contributed by atoms with Gasteiger partial charge in [0.25, 0.3) is 5.91 Å². The molecule has 0 aromatic carbocycles. The van der Waals surface area contributed by atoms with Gasteiger partial charge in [0.05, 0.1) is 0 Å². The van der Waals surface area contributed by atoms with Gasteiger partial charge in [0, 0.05) is 24.3 Å². The lowest BCUT2D eigenvalue weighted by molar-refractivity contribution is 0.0834. The van der Waals surface area contributed by atoms with E-state index in [0.29, 0.717) is 5.69 Å². The molecule has 1 saturated heterocycles. The van der Waals surface area contributed by atoms with Crippen molar-refractivity contribution < 1.29 is 4.79 Å². The van der Waals surface area contributed by atoms with E-state index in [2.05, 4.69) is 29.0 Å². The van der Waals surface area contributed by atoms with Crippen molar-refractivity contribution in [1.29, 1.82) is 0 Å². The van der Waals surface area contributed by atoms with Gasteiger partial charge in [-0.25, -0.2) is 4.98 Å². The summed E-state index contributed by atoms with van der Waals surface area (Å²) in [6, 6.07) is 3.84. The van der Waals surface area contributed by atoms with E-state index in [9.17, 15) is 4.79 Å². The molecule has 0 unspecified atom stereocenters. The van der Waals surface area contributed by atoms with E-state index in [-0.39, 0.29) is 11.4 Å². The number of amides is 1. The van der Waals surface area contributed by atoms with Crippen LogP contribution < -0.4 is 5.32 Å². The lowest BCUT2D eigenvalue weighted by Crippen LogP contribution is -2.53. The molecule has 0 aliphatic carbocycles. The second-order valence-electron chi connectivity index (χ2n) is 6.12. The second-order valence-corrected chi connectivity index (χ2v) is 6.12. The number of aromatic nitrogens is 1. The summed E-state index contributed by atoms with van der Waals surface area (Å²) in [6.07, 6.45) is 1.99. The van der Waals surface area contributed by atoms with Gasteiger partial charge in [-0.2, -0.15) is 0 Å².